The Morgan fingerprint density at radius 1 is 1.20 bits per heavy atom. The number of carbonyl (C=O) groups excluding carboxylic acids is 2. The molecular weight excluding hydrogens is 344 g/mol. The lowest BCUT2D eigenvalue weighted by molar-refractivity contribution is -0.142. The summed E-state index contributed by atoms with van der Waals surface area (Å²) in [5.74, 6) is -0.865. The number of anilines is 1. The maximum Gasteiger partial charge on any atom is 0.331 e. The van der Waals surface area contributed by atoms with E-state index in [1.807, 2.05) is 12.1 Å². The van der Waals surface area contributed by atoms with Crippen LogP contribution in [0, 0.1) is 0 Å². The SMILES string of the molecule is O=C(COC(=O)/C=C/c1nc2ccccc2o1)Nc1cccc(Cl)c1. The molecule has 25 heavy (non-hydrogen) atoms. The number of carbonyl (C=O) groups is 2. The van der Waals surface area contributed by atoms with E-state index in [1.165, 1.54) is 6.08 Å². The summed E-state index contributed by atoms with van der Waals surface area (Å²) in [7, 11) is 0. The number of halogens is 1. The highest BCUT2D eigenvalue weighted by Crippen LogP contribution is 2.16. The van der Waals surface area contributed by atoms with Gasteiger partial charge in [-0.25, -0.2) is 9.78 Å². The van der Waals surface area contributed by atoms with E-state index >= 15 is 0 Å². The molecule has 1 amide bonds. The number of ether oxygens (including phenoxy) is 1. The van der Waals surface area contributed by atoms with Gasteiger partial charge in [-0.05, 0) is 30.3 Å². The van der Waals surface area contributed by atoms with Crippen molar-refractivity contribution in [3.05, 3.63) is 65.5 Å². The Hall–Kier alpha value is -3.12. The van der Waals surface area contributed by atoms with Crippen molar-refractivity contribution in [3.63, 3.8) is 0 Å². The molecule has 0 saturated carbocycles. The fourth-order valence-electron chi connectivity index (χ4n) is 2.05. The second kappa shape index (κ2) is 7.63. The van der Waals surface area contributed by atoms with Gasteiger partial charge in [-0.3, -0.25) is 4.79 Å². The highest BCUT2D eigenvalue weighted by Gasteiger charge is 2.07. The van der Waals surface area contributed by atoms with Crippen molar-refractivity contribution < 1.29 is 18.7 Å². The molecule has 7 heteroatoms. The van der Waals surface area contributed by atoms with E-state index in [9.17, 15) is 9.59 Å². The molecule has 1 aromatic heterocycles. The number of oxazole rings is 1. The van der Waals surface area contributed by atoms with Crippen molar-refractivity contribution in [1.29, 1.82) is 0 Å². The molecule has 0 aliphatic carbocycles. The number of nitrogens with zero attached hydrogens (tertiary/aromatic N) is 1. The number of para-hydroxylation sites is 2. The number of amides is 1. The molecule has 0 radical (unpaired) electrons. The topological polar surface area (TPSA) is 81.4 Å². The molecule has 0 aliphatic rings. The van der Waals surface area contributed by atoms with Crippen LogP contribution in [0.1, 0.15) is 5.89 Å². The highest BCUT2D eigenvalue weighted by molar-refractivity contribution is 6.30. The van der Waals surface area contributed by atoms with Gasteiger partial charge in [-0.15, -0.1) is 0 Å². The average molecular weight is 357 g/mol. The van der Waals surface area contributed by atoms with Crippen molar-refractivity contribution >= 4 is 46.3 Å². The second-order valence-electron chi connectivity index (χ2n) is 5.02. The third-order valence-corrected chi connectivity index (χ3v) is 3.36. The van der Waals surface area contributed by atoms with Gasteiger partial charge in [0.2, 0.25) is 5.89 Å². The normalized spacial score (nSPS) is 10.9. The van der Waals surface area contributed by atoms with E-state index in [0.717, 1.165) is 6.08 Å². The van der Waals surface area contributed by atoms with Crippen LogP contribution in [-0.4, -0.2) is 23.5 Å². The Morgan fingerprint density at radius 3 is 2.84 bits per heavy atom. The Kier molecular flexibility index (Phi) is 5.11. The maximum absolute atomic E-state index is 11.7. The lowest BCUT2D eigenvalue weighted by Gasteiger charge is -2.05. The summed E-state index contributed by atoms with van der Waals surface area (Å²) in [6, 6.07) is 13.9. The van der Waals surface area contributed by atoms with Crippen LogP contribution >= 0.6 is 11.6 Å². The molecule has 0 atom stereocenters. The van der Waals surface area contributed by atoms with Crippen LogP contribution in [0.5, 0.6) is 0 Å². The highest BCUT2D eigenvalue weighted by atomic mass is 35.5. The minimum absolute atomic E-state index is 0.279. The van der Waals surface area contributed by atoms with Gasteiger partial charge < -0.3 is 14.5 Å². The summed E-state index contributed by atoms with van der Waals surface area (Å²) in [5, 5.41) is 3.07. The smallest absolute Gasteiger partial charge is 0.331 e. The predicted octanol–water partition coefficient (Wildman–Crippen LogP) is 3.68. The molecule has 3 rings (SSSR count). The van der Waals surface area contributed by atoms with Crippen LogP contribution in [-0.2, 0) is 14.3 Å². The largest absolute Gasteiger partial charge is 0.452 e. The molecule has 0 spiro atoms. The summed E-state index contributed by atoms with van der Waals surface area (Å²) >= 11 is 5.82. The molecule has 1 N–H and O–H groups in total. The lowest BCUT2D eigenvalue weighted by Crippen LogP contribution is -2.20. The fourth-order valence-corrected chi connectivity index (χ4v) is 2.24. The molecule has 126 valence electrons. The average Bonchev–Trinajstić information content (AvgIpc) is 3.01. The van der Waals surface area contributed by atoms with Gasteiger partial charge in [0, 0.05) is 22.9 Å². The summed E-state index contributed by atoms with van der Waals surface area (Å²) < 4.78 is 10.3. The third-order valence-electron chi connectivity index (χ3n) is 3.13. The first kappa shape index (κ1) is 16.7. The van der Waals surface area contributed by atoms with Gasteiger partial charge >= 0.3 is 5.97 Å². The van der Waals surface area contributed by atoms with Gasteiger partial charge in [0.1, 0.15) is 5.52 Å². The quantitative estimate of drug-likeness (QED) is 0.557. The van der Waals surface area contributed by atoms with Gasteiger partial charge in [0.25, 0.3) is 5.91 Å². The van der Waals surface area contributed by atoms with Crippen molar-refractivity contribution in [2.24, 2.45) is 0 Å². The number of benzene rings is 2. The summed E-state index contributed by atoms with van der Waals surface area (Å²) in [6.07, 6.45) is 2.54. The van der Waals surface area contributed by atoms with Gasteiger partial charge in [-0.1, -0.05) is 29.8 Å². The van der Waals surface area contributed by atoms with Crippen molar-refractivity contribution in [1.82, 2.24) is 4.98 Å². The van der Waals surface area contributed by atoms with Crippen molar-refractivity contribution in [2.75, 3.05) is 11.9 Å². The standard InChI is InChI=1S/C18H13ClN2O4/c19-12-4-3-5-13(10-12)20-16(22)11-24-18(23)9-8-17-21-14-6-1-2-7-15(14)25-17/h1-10H,11H2,(H,20,22)/b9-8+. The molecule has 0 fully saturated rings. The molecule has 3 aromatic rings. The number of hydrogen-bond donors (Lipinski definition) is 1. The summed E-state index contributed by atoms with van der Waals surface area (Å²) in [5.41, 5.74) is 1.84. The first-order valence-corrected chi connectivity index (χ1v) is 7.74. The number of fused-ring (bicyclic) bond motifs is 1. The minimum atomic E-state index is -0.677. The van der Waals surface area contributed by atoms with E-state index < -0.39 is 18.5 Å². The first-order valence-electron chi connectivity index (χ1n) is 7.36. The van der Waals surface area contributed by atoms with Crippen LogP contribution < -0.4 is 5.32 Å². The zero-order chi connectivity index (χ0) is 17.6. The third kappa shape index (κ3) is 4.68. The van der Waals surface area contributed by atoms with E-state index in [4.69, 9.17) is 20.8 Å². The fraction of sp³-hybridized carbons (Fsp3) is 0.0556. The van der Waals surface area contributed by atoms with E-state index in [-0.39, 0.29) is 5.89 Å². The Balaban J connectivity index is 1.51. The maximum atomic E-state index is 11.7. The monoisotopic (exact) mass is 356 g/mol. The molecule has 2 aromatic carbocycles. The molecule has 6 nitrogen and oxygen atoms in total. The van der Waals surface area contributed by atoms with Gasteiger partial charge in [0.05, 0.1) is 0 Å². The van der Waals surface area contributed by atoms with Crippen LogP contribution in [0.4, 0.5) is 5.69 Å². The van der Waals surface area contributed by atoms with Crippen LogP contribution in [0.25, 0.3) is 17.2 Å². The number of hydrogen-bond acceptors (Lipinski definition) is 5. The zero-order valence-electron chi connectivity index (χ0n) is 12.9. The number of rotatable bonds is 5. The predicted molar refractivity (Wildman–Crippen MR) is 94.1 cm³/mol. The lowest BCUT2D eigenvalue weighted by atomic mass is 10.3. The number of aromatic nitrogens is 1. The number of esters is 1. The van der Waals surface area contributed by atoms with Crippen LogP contribution in [0.3, 0.4) is 0 Å². The second-order valence-corrected chi connectivity index (χ2v) is 5.46. The Morgan fingerprint density at radius 2 is 2.04 bits per heavy atom. The van der Waals surface area contributed by atoms with Crippen LogP contribution in [0.15, 0.2) is 59.0 Å². The van der Waals surface area contributed by atoms with Gasteiger partial charge in [0.15, 0.2) is 12.2 Å². The molecule has 1 heterocycles. The number of nitrogens with one attached hydrogen (secondary N) is 1. The van der Waals surface area contributed by atoms with E-state index in [0.29, 0.717) is 21.8 Å². The molecule has 0 unspecified atom stereocenters. The van der Waals surface area contributed by atoms with Crippen molar-refractivity contribution in [2.45, 2.75) is 0 Å². The van der Waals surface area contributed by atoms with Crippen molar-refractivity contribution in [3.8, 4) is 0 Å². The van der Waals surface area contributed by atoms with Gasteiger partial charge in [-0.2, -0.15) is 0 Å². The van der Waals surface area contributed by atoms with Crippen LogP contribution in [0.2, 0.25) is 5.02 Å². The Bertz CT molecular complexity index is 916. The van der Waals surface area contributed by atoms with E-state index in [2.05, 4.69) is 10.3 Å². The molecule has 0 aliphatic heterocycles. The Labute approximate surface area is 148 Å². The minimum Gasteiger partial charge on any atom is -0.452 e. The first-order chi connectivity index (χ1) is 12.1. The zero-order valence-corrected chi connectivity index (χ0v) is 13.7. The molecule has 0 bridgehead atoms. The summed E-state index contributed by atoms with van der Waals surface area (Å²) in [6.45, 7) is -0.413. The molecule has 0 saturated heterocycles. The summed E-state index contributed by atoms with van der Waals surface area (Å²) in [4.78, 5) is 27.6. The van der Waals surface area contributed by atoms with E-state index in [1.54, 1.807) is 36.4 Å². The molecular formula is C18H13ClN2O4.